The minimum absolute atomic E-state index is 0.0982. The first kappa shape index (κ1) is 10.2. The van der Waals surface area contributed by atoms with Crippen LogP contribution in [0.5, 0.6) is 0 Å². The highest BCUT2D eigenvalue weighted by Gasteiger charge is 2.19. The number of aromatic nitrogens is 1. The van der Waals surface area contributed by atoms with Gasteiger partial charge >= 0.3 is 0 Å². The number of carbonyl (C=O) groups is 1. The zero-order chi connectivity index (χ0) is 10.0. The Labute approximate surface area is 83.0 Å². The first-order valence-electron chi connectivity index (χ1n) is 3.27. The van der Waals surface area contributed by atoms with Gasteiger partial charge in [-0.2, -0.15) is 0 Å². The number of hydrogen-bond acceptors (Lipinski definition) is 4. The Morgan fingerprint density at radius 3 is 2.69 bits per heavy atom. The van der Waals surface area contributed by atoms with Gasteiger partial charge in [-0.05, 0) is 0 Å². The second kappa shape index (κ2) is 3.91. The summed E-state index contributed by atoms with van der Waals surface area (Å²) in [5.41, 5.74) is -0.459. The van der Waals surface area contributed by atoms with Crippen molar-refractivity contribution in [3.05, 3.63) is 20.3 Å². The van der Waals surface area contributed by atoms with Gasteiger partial charge in [0.05, 0.1) is 7.11 Å². The maximum absolute atomic E-state index is 11.4. The summed E-state index contributed by atoms with van der Waals surface area (Å²) in [7, 11) is 2.78. The second-order valence-electron chi connectivity index (χ2n) is 2.16. The number of aromatic amines is 1. The van der Waals surface area contributed by atoms with Crippen LogP contribution in [0.15, 0.2) is 4.79 Å². The lowest BCUT2D eigenvalue weighted by molar-refractivity contribution is -0.0753. The van der Waals surface area contributed by atoms with E-state index in [1.54, 1.807) is 0 Å². The molecule has 0 saturated heterocycles. The molecule has 13 heavy (non-hydrogen) atoms. The van der Waals surface area contributed by atoms with Crippen molar-refractivity contribution in [1.82, 2.24) is 9.44 Å². The van der Waals surface area contributed by atoms with E-state index in [1.165, 1.54) is 14.2 Å². The van der Waals surface area contributed by atoms with Crippen molar-refractivity contribution < 1.29 is 9.63 Å². The van der Waals surface area contributed by atoms with E-state index < -0.39 is 11.5 Å². The van der Waals surface area contributed by atoms with Gasteiger partial charge in [-0.25, -0.2) is 5.06 Å². The van der Waals surface area contributed by atoms with Gasteiger partial charge in [0.15, 0.2) is 0 Å². The third-order valence-electron chi connectivity index (χ3n) is 1.40. The fraction of sp³-hybridized carbons (Fsp3) is 0.333. The zero-order valence-electron chi connectivity index (χ0n) is 6.96. The summed E-state index contributed by atoms with van der Waals surface area (Å²) in [6, 6.07) is 0. The highest BCUT2D eigenvalue weighted by Crippen LogP contribution is 2.16. The number of rotatable bonds is 2. The summed E-state index contributed by atoms with van der Waals surface area (Å²) in [6.07, 6.45) is 0. The Hall–Kier alpha value is -0.850. The molecule has 1 rings (SSSR count). The molecule has 72 valence electrons. The Morgan fingerprint density at radius 1 is 1.69 bits per heavy atom. The molecule has 0 bridgehead atoms. The Bertz CT molecular complexity index is 372. The van der Waals surface area contributed by atoms with Crippen LogP contribution in [-0.4, -0.2) is 29.5 Å². The van der Waals surface area contributed by atoms with Gasteiger partial charge in [0, 0.05) is 7.05 Å². The minimum atomic E-state index is -0.459. The van der Waals surface area contributed by atoms with E-state index >= 15 is 0 Å². The highest BCUT2D eigenvalue weighted by molar-refractivity contribution is 7.08. The van der Waals surface area contributed by atoms with E-state index in [0.717, 1.165) is 16.6 Å². The Balaban J connectivity index is 3.02. The molecule has 1 heterocycles. The van der Waals surface area contributed by atoms with Gasteiger partial charge in [0.2, 0.25) is 0 Å². The monoisotopic (exact) mass is 222 g/mol. The minimum Gasteiger partial charge on any atom is -0.276 e. The number of H-pyrrole nitrogens is 1. The molecule has 0 atom stereocenters. The number of hydroxylamine groups is 2. The first-order chi connectivity index (χ1) is 6.07. The first-order valence-corrected chi connectivity index (χ1v) is 4.46. The fourth-order valence-electron chi connectivity index (χ4n) is 0.654. The predicted octanol–water partition coefficient (Wildman–Crippen LogP) is 0.723. The summed E-state index contributed by atoms with van der Waals surface area (Å²) in [5, 5.41) is 0.893. The molecule has 0 aliphatic heterocycles. The van der Waals surface area contributed by atoms with Crippen molar-refractivity contribution in [2.45, 2.75) is 0 Å². The van der Waals surface area contributed by atoms with E-state index in [-0.39, 0.29) is 9.90 Å². The van der Waals surface area contributed by atoms with Crippen LogP contribution in [0.2, 0.25) is 5.02 Å². The number of nitrogens with one attached hydrogen (secondary N) is 1. The Kier molecular flexibility index (Phi) is 3.07. The molecular formula is C6H7ClN2O3S. The van der Waals surface area contributed by atoms with Crippen molar-refractivity contribution in [2.24, 2.45) is 0 Å². The summed E-state index contributed by atoms with van der Waals surface area (Å²) < 4.78 is 2.35. The molecule has 0 aliphatic rings. The maximum atomic E-state index is 11.4. The number of carbonyl (C=O) groups excluding carboxylic acids is 1. The summed E-state index contributed by atoms with van der Waals surface area (Å²) in [6.45, 7) is 0. The van der Waals surface area contributed by atoms with Crippen LogP contribution in [0.4, 0.5) is 0 Å². The van der Waals surface area contributed by atoms with Gasteiger partial charge < -0.3 is 0 Å². The predicted molar refractivity (Wildman–Crippen MR) is 49.1 cm³/mol. The van der Waals surface area contributed by atoms with Crippen molar-refractivity contribution >= 4 is 29.0 Å². The normalized spacial score (nSPS) is 10.1. The van der Waals surface area contributed by atoms with Crippen LogP contribution in [0.1, 0.15) is 9.67 Å². The fourth-order valence-corrected chi connectivity index (χ4v) is 1.65. The number of hydrogen-bond donors (Lipinski definition) is 1. The summed E-state index contributed by atoms with van der Waals surface area (Å²) >= 11 is 6.46. The maximum Gasteiger partial charge on any atom is 0.290 e. The number of halogens is 1. The Morgan fingerprint density at radius 2 is 2.31 bits per heavy atom. The lowest BCUT2D eigenvalue weighted by atomic mass is 10.4. The average molecular weight is 223 g/mol. The number of nitrogens with zero attached hydrogens (tertiary/aromatic N) is 1. The third-order valence-corrected chi connectivity index (χ3v) is 2.74. The molecule has 1 aromatic heterocycles. The van der Waals surface area contributed by atoms with Gasteiger partial charge in [-0.15, -0.1) is 0 Å². The molecule has 0 spiro atoms. The molecule has 0 saturated carbocycles. The van der Waals surface area contributed by atoms with Crippen LogP contribution in [0, 0.1) is 0 Å². The molecule has 0 aromatic carbocycles. The third kappa shape index (κ3) is 1.90. The molecule has 1 amide bonds. The average Bonchev–Trinajstić information content (AvgIpc) is 2.45. The van der Waals surface area contributed by atoms with Gasteiger partial charge in [0.25, 0.3) is 11.5 Å². The van der Waals surface area contributed by atoms with Crippen LogP contribution in [0.25, 0.3) is 0 Å². The van der Waals surface area contributed by atoms with Crippen molar-refractivity contribution in [1.29, 1.82) is 0 Å². The van der Waals surface area contributed by atoms with Crippen LogP contribution in [0.3, 0.4) is 0 Å². The van der Waals surface area contributed by atoms with E-state index in [2.05, 4.69) is 9.21 Å². The molecule has 1 aromatic rings. The summed E-state index contributed by atoms with van der Waals surface area (Å²) in [4.78, 5) is 27.0. The van der Waals surface area contributed by atoms with Gasteiger partial charge in [-0.3, -0.25) is 18.8 Å². The highest BCUT2D eigenvalue weighted by atomic mass is 35.5. The van der Waals surface area contributed by atoms with Crippen molar-refractivity contribution in [3.8, 4) is 0 Å². The molecule has 0 aliphatic carbocycles. The van der Waals surface area contributed by atoms with Crippen LogP contribution < -0.4 is 5.56 Å². The second-order valence-corrected chi connectivity index (χ2v) is 3.36. The van der Waals surface area contributed by atoms with Crippen LogP contribution in [-0.2, 0) is 4.84 Å². The number of amides is 1. The van der Waals surface area contributed by atoms with E-state index in [4.69, 9.17) is 11.6 Å². The molecule has 7 heteroatoms. The van der Waals surface area contributed by atoms with E-state index in [9.17, 15) is 9.59 Å². The van der Waals surface area contributed by atoms with Gasteiger partial charge in [-0.1, -0.05) is 23.1 Å². The van der Waals surface area contributed by atoms with Gasteiger partial charge in [0.1, 0.15) is 9.90 Å². The molecular weight excluding hydrogens is 216 g/mol. The molecule has 0 radical (unpaired) electrons. The van der Waals surface area contributed by atoms with Crippen molar-refractivity contribution in [3.63, 3.8) is 0 Å². The molecule has 5 nitrogen and oxygen atoms in total. The topological polar surface area (TPSA) is 62.4 Å². The SMILES string of the molecule is CON(C)C(=O)c1s[nH]c(=O)c1Cl. The quantitative estimate of drug-likeness (QED) is 0.751. The summed E-state index contributed by atoms with van der Waals surface area (Å²) in [5.74, 6) is -0.448. The smallest absolute Gasteiger partial charge is 0.276 e. The lowest BCUT2D eigenvalue weighted by Crippen LogP contribution is -2.25. The standard InChI is InChI=1S/C6H7ClN2O3S/c1-9(12-2)6(11)4-3(7)5(10)8-13-4/h1-2H3,(H,8,10). The molecule has 1 N–H and O–H groups in total. The zero-order valence-corrected chi connectivity index (χ0v) is 8.53. The van der Waals surface area contributed by atoms with Crippen molar-refractivity contribution in [2.75, 3.05) is 14.2 Å². The molecule has 0 fully saturated rings. The molecule has 0 unspecified atom stereocenters. The van der Waals surface area contributed by atoms with Crippen LogP contribution >= 0.6 is 23.1 Å². The van der Waals surface area contributed by atoms with E-state index in [1.807, 2.05) is 0 Å². The largest absolute Gasteiger partial charge is 0.290 e. The van der Waals surface area contributed by atoms with E-state index in [0.29, 0.717) is 0 Å². The lowest BCUT2D eigenvalue weighted by Gasteiger charge is -2.11.